The molecule has 4 aliphatic rings. The van der Waals surface area contributed by atoms with E-state index < -0.39 is 137 Å². The van der Waals surface area contributed by atoms with Gasteiger partial charge in [-0.2, -0.15) is 0 Å². The van der Waals surface area contributed by atoms with Crippen molar-refractivity contribution in [2.75, 3.05) is 13.2 Å². The summed E-state index contributed by atoms with van der Waals surface area (Å²) in [6.07, 6.45) is -8.23. The zero-order valence-corrected chi connectivity index (χ0v) is 35.2. The average Bonchev–Trinajstić information content (AvgIpc) is 3.79. The number of furan rings is 1. The molecule has 336 valence electrons. The Morgan fingerprint density at radius 1 is 0.806 bits per heavy atom. The Labute approximate surface area is 353 Å². The van der Waals surface area contributed by atoms with Gasteiger partial charge in [0.1, 0.15) is 48.3 Å². The second kappa shape index (κ2) is 16.1. The number of esters is 8. The third-order valence-electron chi connectivity index (χ3n) is 12.3. The maximum Gasteiger partial charge on any atom is 0.341 e. The lowest BCUT2D eigenvalue weighted by Crippen LogP contribution is -2.89. The van der Waals surface area contributed by atoms with Crippen LogP contribution >= 0.6 is 0 Å². The molecule has 2 aliphatic carbocycles. The zero-order chi connectivity index (χ0) is 45.9. The number of ether oxygens (including phenoxy) is 9. The molecule has 0 radical (unpaired) electrons. The Kier molecular flexibility index (Phi) is 11.8. The molecule has 4 heterocycles. The summed E-state index contributed by atoms with van der Waals surface area (Å²) in [6.45, 7) is 7.47. The summed E-state index contributed by atoms with van der Waals surface area (Å²) in [6, 6.07) is 2.56. The molecular formula is C41H47NO20. The zero-order valence-electron chi connectivity index (χ0n) is 35.2. The van der Waals surface area contributed by atoms with Crippen LogP contribution in [0.3, 0.4) is 0 Å². The predicted molar refractivity (Wildman–Crippen MR) is 199 cm³/mol. The maximum atomic E-state index is 14.6. The Morgan fingerprint density at radius 3 is 1.94 bits per heavy atom. The van der Waals surface area contributed by atoms with Gasteiger partial charge in [0.25, 0.3) is 0 Å². The molecule has 0 amide bonds. The fourth-order valence-electron chi connectivity index (χ4n) is 9.72. The van der Waals surface area contributed by atoms with Crippen molar-refractivity contribution in [1.29, 1.82) is 0 Å². The summed E-state index contributed by atoms with van der Waals surface area (Å²) in [5.74, 6) is -12.1. The van der Waals surface area contributed by atoms with Crippen LogP contribution in [-0.4, -0.2) is 135 Å². The fourth-order valence-corrected chi connectivity index (χ4v) is 9.72. The minimum Gasteiger partial charge on any atom is -0.472 e. The SMILES string of the molecule is CC(=O)O[C@@H]1[C@H](OC(C)=O)[C@@]2(COC(=O)c3ccoc3)[C@H](OC(C)=O)[C@@H](OC(C)=O)[C@@H]3[C@@H](OC(C)=O)[C@@]24O[C@@]3(C)COC(=O)c2cnccc2C(C)C(C)(O)C(=O)O[C@@H]1[C@]4(C)O. The number of aromatic nitrogens is 1. The molecule has 1 spiro atoms. The largest absolute Gasteiger partial charge is 0.472 e. The first kappa shape index (κ1) is 45.6. The van der Waals surface area contributed by atoms with Crippen molar-refractivity contribution in [3.8, 4) is 0 Å². The number of rotatable bonds is 8. The normalized spacial score (nSPS) is 37.3. The van der Waals surface area contributed by atoms with E-state index in [-0.39, 0.29) is 16.7 Å². The Hall–Kier alpha value is -5.93. The van der Waals surface area contributed by atoms with E-state index in [1.165, 1.54) is 32.2 Å². The molecule has 0 aromatic carbocycles. The van der Waals surface area contributed by atoms with Gasteiger partial charge >= 0.3 is 47.8 Å². The van der Waals surface area contributed by atoms with Gasteiger partial charge in [-0.25, -0.2) is 14.4 Å². The first-order valence-corrected chi connectivity index (χ1v) is 19.4. The number of hydrogen-bond acceptors (Lipinski definition) is 21. The van der Waals surface area contributed by atoms with Gasteiger partial charge in [-0.3, -0.25) is 29.0 Å². The van der Waals surface area contributed by atoms with Crippen molar-refractivity contribution in [3.05, 3.63) is 53.7 Å². The van der Waals surface area contributed by atoms with Crippen molar-refractivity contribution in [2.24, 2.45) is 11.3 Å². The van der Waals surface area contributed by atoms with Crippen molar-refractivity contribution in [2.45, 2.75) is 127 Å². The average molecular weight is 874 g/mol. The summed E-state index contributed by atoms with van der Waals surface area (Å²) in [7, 11) is 0. The highest BCUT2D eigenvalue weighted by molar-refractivity contribution is 5.92. The second-order valence-corrected chi connectivity index (χ2v) is 16.4. The third-order valence-corrected chi connectivity index (χ3v) is 12.3. The van der Waals surface area contributed by atoms with E-state index >= 15 is 0 Å². The molecule has 2 unspecified atom stereocenters. The van der Waals surface area contributed by atoms with Gasteiger partial charge in [-0.15, -0.1) is 0 Å². The van der Waals surface area contributed by atoms with Crippen molar-refractivity contribution >= 4 is 47.8 Å². The van der Waals surface area contributed by atoms with E-state index in [0.717, 1.165) is 67.2 Å². The summed E-state index contributed by atoms with van der Waals surface area (Å²) >= 11 is 0. The van der Waals surface area contributed by atoms with Crippen LogP contribution in [-0.2, 0) is 71.4 Å². The van der Waals surface area contributed by atoms with Crippen LogP contribution < -0.4 is 0 Å². The Balaban J connectivity index is 1.80. The van der Waals surface area contributed by atoms with Crippen molar-refractivity contribution in [1.82, 2.24) is 4.98 Å². The summed E-state index contributed by atoms with van der Waals surface area (Å²) < 4.78 is 59.7. The lowest BCUT2D eigenvalue weighted by atomic mass is 9.45. The number of hydrogen-bond donors (Lipinski definition) is 2. The van der Waals surface area contributed by atoms with E-state index in [4.69, 9.17) is 47.0 Å². The molecule has 62 heavy (non-hydrogen) atoms. The van der Waals surface area contributed by atoms with Crippen molar-refractivity contribution < 1.29 is 95.6 Å². The predicted octanol–water partition coefficient (Wildman–Crippen LogP) is 1.04. The molecule has 2 aliphatic heterocycles. The molecule has 21 nitrogen and oxygen atoms in total. The number of pyridine rings is 1. The third kappa shape index (κ3) is 7.14. The van der Waals surface area contributed by atoms with Gasteiger partial charge in [0.2, 0.25) is 0 Å². The monoisotopic (exact) mass is 873 g/mol. The number of carbonyl (C=O) groups is 8. The Bertz CT molecular complexity index is 2170. The molecule has 2 N–H and O–H groups in total. The lowest BCUT2D eigenvalue weighted by Gasteiger charge is -2.67. The van der Waals surface area contributed by atoms with Crippen LogP contribution in [0.1, 0.15) is 94.5 Å². The van der Waals surface area contributed by atoms with E-state index in [2.05, 4.69) is 4.98 Å². The molecule has 6 rings (SSSR count). The highest BCUT2D eigenvalue weighted by Gasteiger charge is 2.92. The van der Waals surface area contributed by atoms with Gasteiger partial charge < -0.3 is 57.3 Å². The van der Waals surface area contributed by atoms with Crippen LogP contribution in [0.4, 0.5) is 0 Å². The van der Waals surface area contributed by atoms with Gasteiger partial charge in [-0.1, -0.05) is 6.92 Å². The van der Waals surface area contributed by atoms with E-state index in [1.807, 2.05) is 0 Å². The minimum atomic E-state index is -2.99. The summed E-state index contributed by atoms with van der Waals surface area (Å²) in [4.78, 5) is 113. The summed E-state index contributed by atoms with van der Waals surface area (Å²) in [5, 5.41) is 25.6. The molecule has 1 saturated heterocycles. The van der Waals surface area contributed by atoms with E-state index in [0.29, 0.717) is 0 Å². The molecule has 2 saturated carbocycles. The van der Waals surface area contributed by atoms with Crippen LogP contribution in [0.2, 0.25) is 0 Å². The standard InChI is InChI=1S/C41H47NO20/c1-18-25-10-12-42-14-26(25)35(49)54-16-37(7)27-28(56-19(2)43)32(59-22(5)46)40(17-55-34(48)24-11-13-53-15-24)33(60-23(6)47)29(57-20(3)44)31(61-36(50)38(18,8)51)39(9,52)41(40,62-37)30(27)58-21(4)45/h10-15,18,27-33,51-52H,16-17H2,1-9H3/t18?,27-,28+,29+,30-,31+,32-,33+,37+,38?,39+,40-,41+/m1/s1. The molecule has 3 fully saturated rings. The molecule has 13 atom stereocenters. The lowest BCUT2D eigenvalue weighted by molar-refractivity contribution is -0.387. The first-order chi connectivity index (χ1) is 28.9. The van der Waals surface area contributed by atoms with Crippen LogP contribution in [0.25, 0.3) is 0 Å². The Morgan fingerprint density at radius 2 is 1.37 bits per heavy atom. The molecule has 2 aromatic heterocycles. The van der Waals surface area contributed by atoms with Crippen LogP contribution in [0.15, 0.2) is 41.5 Å². The number of fused-ring (bicyclic) bond motifs is 5. The van der Waals surface area contributed by atoms with E-state index in [9.17, 15) is 48.6 Å². The minimum absolute atomic E-state index is 0.0467. The van der Waals surface area contributed by atoms with Gasteiger partial charge in [0.15, 0.2) is 35.6 Å². The first-order valence-electron chi connectivity index (χ1n) is 19.4. The smallest absolute Gasteiger partial charge is 0.341 e. The quantitative estimate of drug-likeness (QED) is 0.277. The van der Waals surface area contributed by atoms with Crippen molar-refractivity contribution in [3.63, 3.8) is 0 Å². The molecule has 21 heteroatoms. The number of carbonyl (C=O) groups excluding carboxylic acids is 8. The highest BCUT2D eigenvalue weighted by atomic mass is 16.7. The molecular weight excluding hydrogens is 826 g/mol. The van der Waals surface area contributed by atoms with Gasteiger partial charge in [-0.05, 0) is 38.5 Å². The molecule has 4 bridgehead atoms. The number of cyclic esters (lactones) is 1. The fraction of sp³-hybridized carbons (Fsp3) is 0.585. The van der Waals surface area contributed by atoms with Gasteiger partial charge in [0.05, 0.1) is 23.3 Å². The van der Waals surface area contributed by atoms with Gasteiger partial charge in [0, 0.05) is 52.9 Å². The maximum absolute atomic E-state index is 14.6. The highest BCUT2D eigenvalue weighted by Crippen LogP contribution is 2.70. The summed E-state index contributed by atoms with van der Waals surface area (Å²) in [5.41, 5.74) is -13.7. The topological polar surface area (TPSA) is 286 Å². The van der Waals surface area contributed by atoms with Crippen LogP contribution in [0, 0.1) is 11.3 Å². The van der Waals surface area contributed by atoms with E-state index in [1.54, 1.807) is 0 Å². The molecule has 2 aromatic rings. The number of nitrogens with zero attached hydrogens (tertiary/aromatic N) is 1. The number of aliphatic hydroxyl groups is 2. The second-order valence-electron chi connectivity index (χ2n) is 16.4. The van der Waals surface area contributed by atoms with Crippen LogP contribution in [0.5, 0.6) is 0 Å².